The lowest BCUT2D eigenvalue weighted by Crippen LogP contribution is -1.93. The van der Waals surface area contributed by atoms with Gasteiger partial charge in [-0.15, -0.1) is 0 Å². The van der Waals surface area contributed by atoms with Crippen molar-refractivity contribution in [1.29, 1.82) is 5.26 Å². The summed E-state index contributed by atoms with van der Waals surface area (Å²) in [6.07, 6.45) is 0. The third-order valence-electron chi connectivity index (χ3n) is 2.29. The zero-order valence-electron chi connectivity index (χ0n) is 9.54. The lowest BCUT2D eigenvalue weighted by molar-refractivity contribution is -0.385. The van der Waals surface area contributed by atoms with Crippen LogP contribution in [-0.4, -0.2) is 4.92 Å². The molecule has 19 heavy (non-hydrogen) atoms. The van der Waals surface area contributed by atoms with Crippen molar-refractivity contribution in [3.8, 4) is 17.6 Å². The Labute approximate surface area is 107 Å². The van der Waals surface area contributed by atoms with Gasteiger partial charge in [0.2, 0.25) is 5.75 Å². The Morgan fingerprint density at radius 2 is 2.00 bits per heavy atom. The van der Waals surface area contributed by atoms with E-state index in [4.69, 9.17) is 10.00 Å². The molecule has 0 saturated heterocycles. The van der Waals surface area contributed by atoms with E-state index in [-0.39, 0.29) is 22.7 Å². The fourth-order valence-corrected chi connectivity index (χ4v) is 1.51. The maximum Gasteiger partial charge on any atom is 0.311 e. The third-order valence-corrected chi connectivity index (χ3v) is 2.29. The van der Waals surface area contributed by atoms with Gasteiger partial charge < -0.3 is 4.74 Å². The van der Waals surface area contributed by atoms with Crippen molar-refractivity contribution in [2.75, 3.05) is 0 Å². The highest BCUT2D eigenvalue weighted by Crippen LogP contribution is 2.31. The number of nitro benzene ring substituents is 1. The molecule has 0 N–H and O–H groups in total. The predicted molar refractivity (Wildman–Crippen MR) is 64.3 cm³/mol. The van der Waals surface area contributed by atoms with Crippen molar-refractivity contribution in [1.82, 2.24) is 0 Å². The second-order valence-corrected chi connectivity index (χ2v) is 3.61. The summed E-state index contributed by atoms with van der Waals surface area (Å²) >= 11 is 0. The molecule has 5 nitrogen and oxygen atoms in total. The van der Waals surface area contributed by atoms with Gasteiger partial charge in [-0.1, -0.05) is 12.1 Å². The van der Waals surface area contributed by atoms with Gasteiger partial charge >= 0.3 is 5.69 Å². The lowest BCUT2D eigenvalue weighted by atomic mass is 10.2. The summed E-state index contributed by atoms with van der Waals surface area (Å²) in [5.41, 5.74) is -0.154. The summed E-state index contributed by atoms with van der Waals surface area (Å²) in [7, 11) is 0. The number of ether oxygens (including phenoxy) is 1. The highest BCUT2D eigenvalue weighted by atomic mass is 19.1. The monoisotopic (exact) mass is 258 g/mol. The molecule has 0 spiro atoms. The van der Waals surface area contributed by atoms with Crippen LogP contribution in [0.25, 0.3) is 0 Å². The van der Waals surface area contributed by atoms with Crippen molar-refractivity contribution < 1.29 is 14.1 Å². The first kappa shape index (κ1) is 12.5. The summed E-state index contributed by atoms with van der Waals surface area (Å²) < 4.78 is 18.5. The maximum absolute atomic E-state index is 13.2. The van der Waals surface area contributed by atoms with Gasteiger partial charge in [0.05, 0.1) is 16.6 Å². The van der Waals surface area contributed by atoms with Crippen LogP contribution < -0.4 is 4.74 Å². The Hall–Kier alpha value is -2.94. The van der Waals surface area contributed by atoms with E-state index in [1.165, 1.54) is 24.3 Å². The standard InChI is InChI=1S/C13H7FN2O3/c14-10-5-9(8-15)6-11(7-10)19-13-4-2-1-3-12(13)16(17)18/h1-7H. The van der Waals surface area contributed by atoms with Crippen LogP contribution in [0.4, 0.5) is 10.1 Å². The predicted octanol–water partition coefficient (Wildman–Crippen LogP) is 3.40. The van der Waals surface area contributed by atoms with Gasteiger partial charge in [-0.25, -0.2) is 4.39 Å². The van der Waals surface area contributed by atoms with E-state index in [0.29, 0.717) is 0 Å². The minimum atomic E-state index is -0.646. The second kappa shape index (κ2) is 5.14. The van der Waals surface area contributed by atoms with Gasteiger partial charge in [0.15, 0.2) is 0 Å². The molecule has 2 rings (SSSR count). The van der Waals surface area contributed by atoms with Crippen LogP contribution >= 0.6 is 0 Å². The van der Waals surface area contributed by atoms with Gasteiger partial charge in [-0.2, -0.15) is 5.26 Å². The number of halogens is 1. The maximum atomic E-state index is 13.2. The summed E-state index contributed by atoms with van der Waals surface area (Å²) in [6.45, 7) is 0. The number of nitro groups is 1. The molecule has 0 aromatic heterocycles. The second-order valence-electron chi connectivity index (χ2n) is 3.61. The van der Waals surface area contributed by atoms with Crippen LogP contribution in [-0.2, 0) is 0 Å². The highest BCUT2D eigenvalue weighted by molar-refractivity contribution is 5.49. The SMILES string of the molecule is N#Cc1cc(F)cc(Oc2ccccc2[N+](=O)[O-])c1. The first-order valence-electron chi connectivity index (χ1n) is 5.22. The Bertz CT molecular complexity index is 680. The summed E-state index contributed by atoms with van der Waals surface area (Å²) in [6, 6.07) is 10.9. The minimum absolute atomic E-state index is 0.0120. The van der Waals surface area contributed by atoms with Crippen LogP contribution in [0.5, 0.6) is 11.5 Å². The Morgan fingerprint density at radius 3 is 2.68 bits per heavy atom. The molecule has 0 bridgehead atoms. The average Bonchev–Trinajstić information content (AvgIpc) is 2.38. The van der Waals surface area contributed by atoms with Crippen LogP contribution in [0.3, 0.4) is 0 Å². The molecular weight excluding hydrogens is 251 g/mol. The molecule has 94 valence electrons. The van der Waals surface area contributed by atoms with Crippen LogP contribution in [0.15, 0.2) is 42.5 Å². The zero-order valence-corrected chi connectivity index (χ0v) is 9.54. The lowest BCUT2D eigenvalue weighted by Gasteiger charge is -2.06. The molecule has 0 unspecified atom stereocenters. The van der Waals surface area contributed by atoms with Gasteiger partial charge in [-0.3, -0.25) is 10.1 Å². The van der Waals surface area contributed by atoms with Gasteiger partial charge in [0, 0.05) is 12.1 Å². The molecular formula is C13H7FN2O3. The van der Waals surface area contributed by atoms with Crippen molar-refractivity contribution in [2.24, 2.45) is 0 Å². The van der Waals surface area contributed by atoms with Crippen LogP contribution in [0, 0.1) is 27.3 Å². The smallest absolute Gasteiger partial charge is 0.311 e. The highest BCUT2D eigenvalue weighted by Gasteiger charge is 2.15. The molecule has 0 radical (unpaired) electrons. The molecule has 0 heterocycles. The van der Waals surface area contributed by atoms with E-state index in [2.05, 4.69) is 0 Å². The Kier molecular flexibility index (Phi) is 3.39. The fraction of sp³-hybridized carbons (Fsp3) is 0. The molecule has 0 saturated carbocycles. The number of benzene rings is 2. The molecule has 6 heteroatoms. The van der Waals surface area contributed by atoms with Crippen molar-refractivity contribution in [3.63, 3.8) is 0 Å². The molecule has 0 atom stereocenters. The minimum Gasteiger partial charge on any atom is -0.450 e. The number of rotatable bonds is 3. The van der Waals surface area contributed by atoms with Crippen LogP contribution in [0.2, 0.25) is 0 Å². The average molecular weight is 258 g/mol. The summed E-state index contributed by atoms with van der Waals surface area (Å²) in [5, 5.41) is 19.5. The molecule has 0 aliphatic rings. The van der Waals surface area contributed by atoms with E-state index in [0.717, 1.165) is 12.1 Å². The number of hydrogen-bond acceptors (Lipinski definition) is 4. The number of nitrogens with zero attached hydrogens (tertiary/aromatic N) is 2. The summed E-state index contributed by atoms with van der Waals surface area (Å²) in [5.74, 6) is -0.625. The van der Waals surface area contributed by atoms with E-state index >= 15 is 0 Å². The molecule has 0 aliphatic carbocycles. The van der Waals surface area contributed by atoms with Crippen molar-refractivity contribution in [3.05, 3.63) is 64.0 Å². The van der Waals surface area contributed by atoms with Crippen molar-refractivity contribution in [2.45, 2.75) is 0 Å². The van der Waals surface area contributed by atoms with E-state index in [9.17, 15) is 14.5 Å². The molecule has 0 aliphatic heterocycles. The van der Waals surface area contributed by atoms with E-state index in [1.54, 1.807) is 12.1 Å². The Morgan fingerprint density at radius 1 is 1.26 bits per heavy atom. The first-order chi connectivity index (χ1) is 9.10. The molecule has 2 aromatic carbocycles. The largest absolute Gasteiger partial charge is 0.450 e. The molecule has 2 aromatic rings. The topological polar surface area (TPSA) is 76.2 Å². The first-order valence-corrected chi connectivity index (χ1v) is 5.22. The molecule has 0 amide bonds. The van der Waals surface area contributed by atoms with Gasteiger partial charge in [0.1, 0.15) is 11.6 Å². The van der Waals surface area contributed by atoms with Crippen molar-refractivity contribution >= 4 is 5.69 Å². The van der Waals surface area contributed by atoms with Gasteiger partial charge in [-0.05, 0) is 18.2 Å². The summed E-state index contributed by atoms with van der Waals surface area (Å²) in [4.78, 5) is 10.2. The normalized spacial score (nSPS) is 9.68. The number of nitriles is 1. The number of para-hydroxylation sites is 2. The third kappa shape index (κ3) is 2.84. The fourth-order valence-electron chi connectivity index (χ4n) is 1.51. The Balaban J connectivity index is 2.39. The number of hydrogen-bond donors (Lipinski definition) is 0. The quantitative estimate of drug-likeness (QED) is 0.624. The van der Waals surface area contributed by atoms with Gasteiger partial charge in [0.25, 0.3) is 0 Å². The van der Waals surface area contributed by atoms with E-state index < -0.39 is 10.7 Å². The van der Waals surface area contributed by atoms with Crippen LogP contribution in [0.1, 0.15) is 5.56 Å². The molecule has 0 fully saturated rings. The zero-order chi connectivity index (χ0) is 13.8. The van der Waals surface area contributed by atoms with E-state index in [1.807, 2.05) is 0 Å².